The molecule has 1 saturated heterocycles. The molecule has 1 aliphatic heterocycles. The summed E-state index contributed by atoms with van der Waals surface area (Å²) in [4.78, 5) is 0. The van der Waals surface area contributed by atoms with Crippen LogP contribution in [-0.2, 0) is 16.3 Å². The monoisotopic (exact) mass is 259 g/mol. The van der Waals surface area contributed by atoms with Crippen LogP contribution in [0.2, 0.25) is 5.02 Å². The van der Waals surface area contributed by atoms with Crippen molar-refractivity contribution in [1.29, 1.82) is 0 Å². The SMILES string of the molecule is O=S1(=O)CCNC(Cc2cccc(Cl)c2)C1. The zero-order chi connectivity index (χ0) is 11.6. The minimum atomic E-state index is -2.86. The van der Waals surface area contributed by atoms with Gasteiger partial charge in [-0.15, -0.1) is 0 Å². The normalized spacial score (nSPS) is 24.2. The quantitative estimate of drug-likeness (QED) is 0.870. The van der Waals surface area contributed by atoms with Gasteiger partial charge in [0.2, 0.25) is 0 Å². The van der Waals surface area contributed by atoms with Gasteiger partial charge in [0.25, 0.3) is 0 Å². The Morgan fingerprint density at radius 3 is 2.94 bits per heavy atom. The largest absolute Gasteiger partial charge is 0.312 e. The third-order valence-electron chi connectivity index (χ3n) is 2.67. The second-order valence-electron chi connectivity index (χ2n) is 4.10. The second-order valence-corrected chi connectivity index (χ2v) is 6.76. The predicted molar refractivity (Wildman–Crippen MR) is 65.6 cm³/mol. The first kappa shape index (κ1) is 11.9. The molecule has 1 unspecified atom stereocenters. The van der Waals surface area contributed by atoms with Crippen LogP contribution in [0.3, 0.4) is 0 Å². The molecule has 0 amide bonds. The van der Waals surface area contributed by atoms with Gasteiger partial charge < -0.3 is 5.32 Å². The van der Waals surface area contributed by atoms with Crippen LogP contribution in [0.4, 0.5) is 0 Å². The number of sulfone groups is 1. The van der Waals surface area contributed by atoms with Gasteiger partial charge in [0.1, 0.15) is 0 Å². The topological polar surface area (TPSA) is 46.2 Å². The zero-order valence-electron chi connectivity index (χ0n) is 8.82. The number of benzene rings is 1. The Hall–Kier alpha value is -0.580. The smallest absolute Gasteiger partial charge is 0.153 e. The average molecular weight is 260 g/mol. The first-order chi connectivity index (χ1) is 7.55. The third kappa shape index (κ3) is 3.20. The summed E-state index contributed by atoms with van der Waals surface area (Å²) in [5.74, 6) is 0.471. The number of hydrogen-bond acceptors (Lipinski definition) is 3. The van der Waals surface area contributed by atoms with E-state index < -0.39 is 9.84 Å². The van der Waals surface area contributed by atoms with Crippen LogP contribution in [0.1, 0.15) is 5.56 Å². The highest BCUT2D eigenvalue weighted by Crippen LogP contribution is 2.14. The van der Waals surface area contributed by atoms with Crippen molar-refractivity contribution in [2.75, 3.05) is 18.1 Å². The van der Waals surface area contributed by atoms with Gasteiger partial charge in [0.05, 0.1) is 11.5 Å². The summed E-state index contributed by atoms with van der Waals surface area (Å²) in [6.45, 7) is 0.549. The van der Waals surface area contributed by atoms with Crippen molar-refractivity contribution in [3.8, 4) is 0 Å². The Labute approximate surface area is 101 Å². The van der Waals surface area contributed by atoms with E-state index in [-0.39, 0.29) is 17.5 Å². The van der Waals surface area contributed by atoms with Gasteiger partial charge in [-0.1, -0.05) is 23.7 Å². The molecule has 0 saturated carbocycles. The van der Waals surface area contributed by atoms with Gasteiger partial charge in [-0.3, -0.25) is 0 Å². The molecular weight excluding hydrogens is 246 g/mol. The lowest BCUT2D eigenvalue weighted by Crippen LogP contribution is -2.46. The molecule has 5 heteroatoms. The molecule has 88 valence electrons. The van der Waals surface area contributed by atoms with E-state index >= 15 is 0 Å². The maximum absolute atomic E-state index is 11.5. The van der Waals surface area contributed by atoms with Crippen molar-refractivity contribution in [3.63, 3.8) is 0 Å². The van der Waals surface area contributed by atoms with Gasteiger partial charge in [-0.05, 0) is 24.1 Å². The van der Waals surface area contributed by atoms with Crippen molar-refractivity contribution in [2.24, 2.45) is 0 Å². The van der Waals surface area contributed by atoms with Gasteiger partial charge in [-0.25, -0.2) is 8.42 Å². The van der Waals surface area contributed by atoms with E-state index in [9.17, 15) is 8.42 Å². The van der Waals surface area contributed by atoms with Crippen LogP contribution in [0.25, 0.3) is 0 Å². The molecule has 1 heterocycles. The van der Waals surface area contributed by atoms with Crippen molar-refractivity contribution >= 4 is 21.4 Å². The fraction of sp³-hybridized carbons (Fsp3) is 0.455. The first-order valence-electron chi connectivity index (χ1n) is 5.23. The lowest BCUT2D eigenvalue weighted by molar-refractivity contribution is 0.515. The van der Waals surface area contributed by atoms with Crippen LogP contribution in [0.15, 0.2) is 24.3 Å². The van der Waals surface area contributed by atoms with Crippen LogP contribution < -0.4 is 5.32 Å². The molecule has 1 atom stereocenters. The lowest BCUT2D eigenvalue weighted by Gasteiger charge is -2.23. The summed E-state index contributed by atoms with van der Waals surface area (Å²) in [5.41, 5.74) is 1.07. The highest BCUT2D eigenvalue weighted by atomic mass is 35.5. The van der Waals surface area contributed by atoms with E-state index in [0.29, 0.717) is 18.0 Å². The Morgan fingerprint density at radius 2 is 2.25 bits per heavy atom. The van der Waals surface area contributed by atoms with Crippen molar-refractivity contribution in [2.45, 2.75) is 12.5 Å². The molecule has 1 aromatic carbocycles. The molecule has 16 heavy (non-hydrogen) atoms. The zero-order valence-corrected chi connectivity index (χ0v) is 10.4. The third-order valence-corrected chi connectivity index (χ3v) is 4.64. The Kier molecular flexibility index (Phi) is 3.52. The van der Waals surface area contributed by atoms with Gasteiger partial charge in [0.15, 0.2) is 9.84 Å². The summed E-state index contributed by atoms with van der Waals surface area (Å²) >= 11 is 5.88. The summed E-state index contributed by atoms with van der Waals surface area (Å²) < 4.78 is 22.9. The molecule has 1 aromatic rings. The number of halogens is 1. The molecule has 1 aliphatic rings. The summed E-state index contributed by atoms with van der Waals surface area (Å²) in [7, 11) is -2.86. The van der Waals surface area contributed by atoms with E-state index in [1.54, 1.807) is 0 Å². The van der Waals surface area contributed by atoms with Gasteiger partial charge in [-0.2, -0.15) is 0 Å². The summed E-state index contributed by atoms with van der Waals surface area (Å²) in [5, 5.41) is 3.91. The maximum Gasteiger partial charge on any atom is 0.153 e. The summed E-state index contributed by atoms with van der Waals surface area (Å²) in [6, 6.07) is 7.56. The Balaban J connectivity index is 2.05. The molecule has 0 aromatic heterocycles. The Bertz CT molecular complexity index is 473. The Morgan fingerprint density at radius 1 is 1.44 bits per heavy atom. The molecular formula is C11H14ClNO2S. The number of nitrogens with one attached hydrogen (secondary N) is 1. The minimum Gasteiger partial charge on any atom is -0.312 e. The van der Waals surface area contributed by atoms with E-state index in [4.69, 9.17) is 11.6 Å². The van der Waals surface area contributed by atoms with Gasteiger partial charge in [0, 0.05) is 17.6 Å². The maximum atomic E-state index is 11.5. The molecule has 1 fully saturated rings. The highest BCUT2D eigenvalue weighted by molar-refractivity contribution is 7.91. The first-order valence-corrected chi connectivity index (χ1v) is 7.43. The molecule has 0 aliphatic carbocycles. The predicted octanol–water partition coefficient (Wildman–Crippen LogP) is 1.27. The fourth-order valence-electron chi connectivity index (χ4n) is 1.95. The lowest BCUT2D eigenvalue weighted by atomic mass is 10.1. The van der Waals surface area contributed by atoms with Gasteiger partial charge >= 0.3 is 0 Å². The van der Waals surface area contributed by atoms with Crippen molar-refractivity contribution in [1.82, 2.24) is 5.32 Å². The summed E-state index contributed by atoms with van der Waals surface area (Å²) in [6.07, 6.45) is 0.708. The molecule has 0 bridgehead atoms. The van der Waals surface area contributed by atoms with Crippen LogP contribution >= 0.6 is 11.6 Å². The van der Waals surface area contributed by atoms with E-state index in [0.717, 1.165) is 5.56 Å². The number of hydrogen-bond donors (Lipinski definition) is 1. The molecule has 0 radical (unpaired) electrons. The highest BCUT2D eigenvalue weighted by Gasteiger charge is 2.24. The second kappa shape index (κ2) is 4.73. The van der Waals surface area contributed by atoms with E-state index in [2.05, 4.69) is 5.32 Å². The van der Waals surface area contributed by atoms with Crippen LogP contribution in [-0.4, -0.2) is 32.5 Å². The molecule has 3 nitrogen and oxygen atoms in total. The standard InChI is InChI=1S/C11H14ClNO2S/c12-10-3-1-2-9(6-10)7-11-8-16(14,15)5-4-13-11/h1-3,6,11,13H,4-5,7-8H2. The number of rotatable bonds is 2. The minimum absolute atomic E-state index is 0.0113. The van der Waals surface area contributed by atoms with Crippen molar-refractivity contribution in [3.05, 3.63) is 34.9 Å². The fourth-order valence-corrected chi connectivity index (χ4v) is 3.60. The van der Waals surface area contributed by atoms with E-state index in [1.807, 2.05) is 24.3 Å². The van der Waals surface area contributed by atoms with E-state index in [1.165, 1.54) is 0 Å². The molecule has 1 N–H and O–H groups in total. The molecule has 2 rings (SSSR count). The average Bonchev–Trinajstić information content (AvgIpc) is 2.15. The van der Waals surface area contributed by atoms with Crippen molar-refractivity contribution < 1.29 is 8.42 Å². The van der Waals surface area contributed by atoms with Crippen LogP contribution in [0, 0.1) is 0 Å². The molecule has 0 spiro atoms. The van der Waals surface area contributed by atoms with Crippen LogP contribution in [0.5, 0.6) is 0 Å².